The van der Waals surface area contributed by atoms with Crippen molar-refractivity contribution in [1.29, 1.82) is 0 Å². The molecule has 2 aromatic heterocycles. The van der Waals surface area contributed by atoms with Crippen molar-refractivity contribution in [2.45, 2.75) is 44.8 Å². The first-order valence-electron chi connectivity index (χ1n) is 14.3. The molecule has 1 saturated heterocycles. The fraction of sp³-hybridized carbons (Fsp3) is 0.379. The number of oxime groups is 1. The van der Waals surface area contributed by atoms with Crippen LogP contribution in [0.4, 0.5) is 5.13 Å². The molecule has 16 nitrogen and oxygen atoms in total. The Hall–Kier alpha value is -4.20. The lowest BCUT2D eigenvalue weighted by Gasteiger charge is -2.51. The number of nitrogens with zero attached hydrogens (tertiary/aromatic N) is 4. The number of carboxylic acid groups (broad SMARTS) is 1. The van der Waals surface area contributed by atoms with Crippen LogP contribution in [0.3, 0.4) is 0 Å². The molecule has 2 atom stereocenters. The van der Waals surface area contributed by atoms with Crippen LogP contribution in [-0.2, 0) is 47.4 Å². The van der Waals surface area contributed by atoms with Gasteiger partial charge in [0.2, 0.25) is 10.4 Å². The highest BCUT2D eigenvalue weighted by Crippen LogP contribution is 2.41. The number of anilines is 1. The normalized spacial score (nSPS) is 16.7. The summed E-state index contributed by atoms with van der Waals surface area (Å²) in [6.07, 6.45) is 1.47. The van der Waals surface area contributed by atoms with Crippen LogP contribution in [0.2, 0.25) is 4.34 Å². The van der Waals surface area contributed by atoms with E-state index in [-0.39, 0.29) is 15.2 Å². The zero-order valence-electron chi connectivity index (χ0n) is 26.0. The molecule has 0 bridgehead atoms. The molecule has 258 valence electrons. The van der Waals surface area contributed by atoms with Crippen LogP contribution in [0.15, 0.2) is 47.8 Å². The molecule has 3 heterocycles. The van der Waals surface area contributed by atoms with E-state index in [0.29, 0.717) is 17.4 Å². The zero-order valence-corrected chi connectivity index (χ0v) is 28.4. The molecular formula is C29H33ClN6O10S2. The molecule has 1 fully saturated rings. The van der Waals surface area contributed by atoms with Crippen molar-refractivity contribution >= 4 is 61.8 Å². The molecule has 0 saturated carbocycles. The predicted octanol–water partition coefficient (Wildman–Crippen LogP) is 1.60. The average molecular weight is 725 g/mol. The summed E-state index contributed by atoms with van der Waals surface area (Å²) in [6.45, 7) is 2.85. The molecule has 0 spiro atoms. The van der Waals surface area contributed by atoms with Crippen LogP contribution in [0.25, 0.3) is 11.1 Å². The number of ketones is 1. The Bertz CT molecular complexity index is 1830. The number of halogens is 1. The first-order chi connectivity index (χ1) is 22.5. The Kier molecular flexibility index (Phi) is 11.4. The van der Waals surface area contributed by atoms with Gasteiger partial charge in [-0.3, -0.25) is 9.59 Å². The average Bonchev–Trinajstić information content (AvgIpc) is 3.35. The van der Waals surface area contributed by atoms with Gasteiger partial charge < -0.3 is 30.7 Å². The Morgan fingerprint density at radius 1 is 1.23 bits per heavy atom. The molecule has 1 amide bonds. The topological polar surface area (TPSA) is 241 Å². The van der Waals surface area contributed by atoms with Crippen molar-refractivity contribution < 1.29 is 50.9 Å². The molecular weight excluding hydrogens is 692 g/mol. The maximum atomic E-state index is 13.4. The number of carbonyl (C=O) groups excluding carboxylic acids is 2. The maximum absolute atomic E-state index is 13.4. The molecule has 3 aromatic rings. The highest BCUT2D eigenvalue weighted by molar-refractivity contribution is 7.80. The van der Waals surface area contributed by atoms with Gasteiger partial charge in [-0.15, -0.1) is 0 Å². The molecule has 0 aliphatic carbocycles. The number of aryl methyl sites for hydroxylation is 2. The Labute approximate surface area is 284 Å². The molecule has 1 aliphatic heterocycles. The third-order valence-electron chi connectivity index (χ3n) is 7.53. The quantitative estimate of drug-likeness (QED) is 0.0476. The first-order valence-corrected chi connectivity index (χ1v) is 16.9. The van der Waals surface area contributed by atoms with E-state index in [9.17, 15) is 32.5 Å². The maximum Gasteiger partial charge on any atom is 0.351 e. The number of benzene rings is 1. The molecule has 1 aromatic carbocycles. The summed E-state index contributed by atoms with van der Waals surface area (Å²) in [6, 6.07) is 11.0. The van der Waals surface area contributed by atoms with E-state index in [4.69, 9.17) is 32.6 Å². The lowest BCUT2D eigenvalue weighted by atomic mass is 9.74. The Morgan fingerprint density at radius 3 is 2.44 bits per heavy atom. The number of hydrogen-bond acceptors (Lipinski definition) is 14. The lowest BCUT2D eigenvalue weighted by Crippen LogP contribution is -2.68. The predicted molar refractivity (Wildman–Crippen MR) is 171 cm³/mol. The van der Waals surface area contributed by atoms with Gasteiger partial charge in [-0.1, -0.05) is 40.2 Å². The second kappa shape index (κ2) is 14.9. The van der Waals surface area contributed by atoms with Gasteiger partial charge in [-0.25, -0.2) is 22.8 Å². The van der Waals surface area contributed by atoms with Gasteiger partial charge in [-0.05, 0) is 50.6 Å². The van der Waals surface area contributed by atoms with E-state index in [1.807, 2.05) is 42.1 Å². The number of nitrogens with two attached hydrogens (primary N) is 2. The highest BCUT2D eigenvalue weighted by atomic mass is 35.5. The van der Waals surface area contributed by atoms with E-state index in [0.717, 1.165) is 41.0 Å². The van der Waals surface area contributed by atoms with Gasteiger partial charge in [0.1, 0.15) is 29.4 Å². The summed E-state index contributed by atoms with van der Waals surface area (Å²) in [5, 5.41) is 13.9. The Balaban J connectivity index is 1.47. The minimum Gasteiger partial charge on any atom is -0.724 e. The smallest absolute Gasteiger partial charge is 0.351 e. The van der Waals surface area contributed by atoms with Crippen LogP contribution in [-0.4, -0.2) is 76.3 Å². The van der Waals surface area contributed by atoms with Gasteiger partial charge in [0, 0.05) is 24.5 Å². The fourth-order valence-electron chi connectivity index (χ4n) is 4.87. The van der Waals surface area contributed by atoms with Crippen molar-refractivity contribution in [3.05, 3.63) is 58.3 Å². The number of thiazole rings is 1. The largest absolute Gasteiger partial charge is 0.724 e. The van der Waals surface area contributed by atoms with Crippen LogP contribution in [0.1, 0.15) is 38.1 Å². The number of β-lactam (4-membered cyclic amide) rings is 1. The minimum absolute atomic E-state index is 0.0337. The van der Waals surface area contributed by atoms with E-state index in [2.05, 4.69) is 14.4 Å². The monoisotopic (exact) mass is 724 g/mol. The number of rotatable bonds is 16. The van der Waals surface area contributed by atoms with Crippen molar-refractivity contribution in [2.24, 2.45) is 23.9 Å². The summed E-state index contributed by atoms with van der Waals surface area (Å²) in [5.74, 6) is -4.08. The number of amides is 1. The third kappa shape index (κ3) is 8.63. The molecule has 48 heavy (non-hydrogen) atoms. The SMILES string of the molecule is C[n+]1cc(-c2ccc(OC[C@H](O/N=C(\C(=O)C[C@@H]3C(=O)N(OS(=O)(=O)[O-])C3(C)C)c3nc(N)sc3Cl)C(=O)O)cc2)ccc1CCCN. The molecule has 5 N–H and O–H groups in total. The van der Waals surface area contributed by atoms with Gasteiger partial charge in [0.25, 0.3) is 12.0 Å². The molecule has 4 rings (SSSR count). The van der Waals surface area contributed by atoms with Gasteiger partial charge in [0.05, 0.1) is 11.5 Å². The number of aliphatic carboxylic acids is 1. The van der Waals surface area contributed by atoms with E-state index >= 15 is 0 Å². The lowest BCUT2D eigenvalue weighted by molar-refractivity contribution is -0.678. The van der Waals surface area contributed by atoms with Gasteiger partial charge in [-0.2, -0.15) is 9.35 Å². The minimum atomic E-state index is -5.26. The number of Topliss-reactive ketones (excluding diaryl/α,β-unsaturated/α-hetero) is 1. The van der Waals surface area contributed by atoms with E-state index in [1.54, 1.807) is 12.1 Å². The summed E-state index contributed by atoms with van der Waals surface area (Å²) < 4.78 is 44.9. The zero-order chi connectivity index (χ0) is 35.4. The number of pyridine rings is 1. The Morgan fingerprint density at radius 2 is 1.90 bits per heavy atom. The van der Waals surface area contributed by atoms with E-state index in [1.165, 1.54) is 13.8 Å². The third-order valence-corrected chi connectivity index (χ3v) is 8.95. The molecule has 1 aliphatic rings. The second-order valence-corrected chi connectivity index (χ2v) is 13.8. The molecule has 0 radical (unpaired) electrons. The standard InChI is InChI=1S/C29H33ClN6O10S2/c1-29(2)20(26(38)36(29)46-48(41,42)43)13-21(37)23(24-25(30)47-28(32)33-24)34-45-22(27(39)40)15-44-19-10-7-16(8-11-19)17-6-9-18(5-4-12-31)35(3)14-17/h6-11,14,20,22H,4-5,12-13,15,31H2,1-3H3,(H3-,32,33,39,40,41,42,43)/b34-23+/t20-,22+/m1/s1. The van der Waals surface area contributed by atoms with Crippen molar-refractivity contribution in [1.82, 2.24) is 10.0 Å². The van der Waals surface area contributed by atoms with Gasteiger partial charge >= 0.3 is 5.97 Å². The summed E-state index contributed by atoms with van der Waals surface area (Å²) >= 11 is 7.02. The summed E-state index contributed by atoms with van der Waals surface area (Å²) in [7, 11) is -3.30. The summed E-state index contributed by atoms with van der Waals surface area (Å²) in [4.78, 5) is 47.2. The number of nitrogen functional groups attached to an aromatic ring is 1. The number of carboxylic acids is 1. The number of hydroxylamine groups is 2. The molecule has 19 heteroatoms. The van der Waals surface area contributed by atoms with Crippen LogP contribution < -0.4 is 20.8 Å². The van der Waals surface area contributed by atoms with Crippen LogP contribution in [0.5, 0.6) is 5.75 Å². The molecule has 0 unspecified atom stereocenters. The number of aromatic nitrogens is 2. The van der Waals surface area contributed by atoms with Crippen LogP contribution >= 0.6 is 22.9 Å². The van der Waals surface area contributed by atoms with Crippen molar-refractivity contribution in [3.8, 4) is 16.9 Å². The van der Waals surface area contributed by atoms with E-state index < -0.39 is 64.4 Å². The van der Waals surface area contributed by atoms with Crippen molar-refractivity contribution in [3.63, 3.8) is 0 Å². The number of hydrogen-bond donors (Lipinski definition) is 3. The highest BCUT2D eigenvalue weighted by Gasteiger charge is 2.57. The first kappa shape index (κ1) is 36.6. The van der Waals surface area contributed by atoms with Gasteiger partial charge in [0.15, 0.2) is 28.5 Å². The van der Waals surface area contributed by atoms with Crippen molar-refractivity contribution in [2.75, 3.05) is 18.9 Å². The fourth-order valence-corrected chi connectivity index (χ4v) is 6.24. The summed E-state index contributed by atoms with van der Waals surface area (Å²) in [5.41, 5.74) is 12.2. The number of carbonyl (C=O) groups is 3. The second-order valence-electron chi connectivity index (χ2n) is 11.2. The van der Waals surface area contributed by atoms with Crippen LogP contribution in [0, 0.1) is 5.92 Å². The number of ether oxygens (including phenoxy) is 1.